The van der Waals surface area contributed by atoms with Crippen molar-refractivity contribution in [1.29, 1.82) is 0 Å². The number of nitrogens with zero attached hydrogens (tertiary/aromatic N) is 5. The molecule has 0 bridgehead atoms. The standard InChI is InChI=1S/C19H21ClN6O4/c1-4-11(2)21-14(27)9-10-15-22-17(24-30-15)16-18(28)25(3)19(29)26(23-16)13-7-5-12(20)6-8-13/h5-8,11H,4,9-10H2,1-3H3,(H,21,27)/t11-/m0/s1. The zero-order chi connectivity index (χ0) is 21.8. The SMILES string of the molecule is CC[C@H](C)NC(=O)CCc1nc(-c2nn(-c3ccc(Cl)cc3)c(=O)n(C)c2=O)no1. The Morgan fingerprint density at radius 2 is 1.97 bits per heavy atom. The van der Waals surface area contributed by atoms with Gasteiger partial charge in [0.25, 0.3) is 5.56 Å². The highest BCUT2D eigenvalue weighted by molar-refractivity contribution is 6.30. The van der Waals surface area contributed by atoms with Gasteiger partial charge in [0, 0.05) is 31.0 Å². The molecule has 0 radical (unpaired) electrons. The highest BCUT2D eigenvalue weighted by atomic mass is 35.5. The molecule has 11 heteroatoms. The molecular weight excluding hydrogens is 412 g/mol. The minimum absolute atomic E-state index is 0.0596. The highest BCUT2D eigenvalue weighted by Gasteiger charge is 2.19. The smallest absolute Gasteiger partial charge is 0.351 e. The predicted molar refractivity (Wildman–Crippen MR) is 110 cm³/mol. The zero-order valence-corrected chi connectivity index (χ0v) is 17.5. The number of amides is 1. The maximum absolute atomic E-state index is 12.5. The van der Waals surface area contributed by atoms with Crippen molar-refractivity contribution in [3.05, 3.63) is 56.0 Å². The summed E-state index contributed by atoms with van der Waals surface area (Å²) in [4.78, 5) is 41.1. The largest absolute Gasteiger partial charge is 0.354 e. The van der Waals surface area contributed by atoms with Crippen LogP contribution in [0.2, 0.25) is 5.02 Å². The van der Waals surface area contributed by atoms with E-state index < -0.39 is 11.2 Å². The van der Waals surface area contributed by atoms with E-state index in [2.05, 4.69) is 20.6 Å². The fraction of sp³-hybridized carbons (Fsp3) is 0.368. The molecule has 30 heavy (non-hydrogen) atoms. The van der Waals surface area contributed by atoms with E-state index in [1.807, 2.05) is 13.8 Å². The molecule has 10 nitrogen and oxygen atoms in total. The fourth-order valence-electron chi connectivity index (χ4n) is 2.59. The number of hydrogen-bond acceptors (Lipinski definition) is 7. The molecule has 0 fully saturated rings. The third-order valence-corrected chi connectivity index (χ3v) is 4.76. The van der Waals surface area contributed by atoms with Crippen LogP contribution in [0.1, 0.15) is 32.6 Å². The summed E-state index contributed by atoms with van der Waals surface area (Å²) < 4.78 is 7.12. The molecule has 1 amide bonds. The Labute approximate surface area is 176 Å². The van der Waals surface area contributed by atoms with Gasteiger partial charge in [0.1, 0.15) is 0 Å². The summed E-state index contributed by atoms with van der Waals surface area (Å²) in [5.41, 5.74) is -1.01. The van der Waals surface area contributed by atoms with Crippen LogP contribution < -0.4 is 16.6 Å². The van der Waals surface area contributed by atoms with Crippen LogP contribution in [0.25, 0.3) is 17.2 Å². The van der Waals surface area contributed by atoms with Crippen molar-refractivity contribution in [3.8, 4) is 17.2 Å². The number of aryl methyl sites for hydroxylation is 1. The molecule has 0 saturated heterocycles. The Morgan fingerprint density at radius 1 is 1.27 bits per heavy atom. The van der Waals surface area contributed by atoms with Gasteiger partial charge in [0.15, 0.2) is 5.69 Å². The average molecular weight is 433 g/mol. The van der Waals surface area contributed by atoms with Crippen LogP contribution in [-0.2, 0) is 18.3 Å². The number of carbonyl (C=O) groups is 1. The van der Waals surface area contributed by atoms with E-state index in [-0.39, 0.29) is 42.2 Å². The lowest BCUT2D eigenvalue weighted by atomic mass is 10.2. The second kappa shape index (κ2) is 9.04. The van der Waals surface area contributed by atoms with Crippen LogP contribution in [0.4, 0.5) is 0 Å². The minimum Gasteiger partial charge on any atom is -0.354 e. The summed E-state index contributed by atoms with van der Waals surface area (Å²) in [5, 5.41) is 11.3. The summed E-state index contributed by atoms with van der Waals surface area (Å²) in [6.07, 6.45) is 1.21. The van der Waals surface area contributed by atoms with Gasteiger partial charge < -0.3 is 9.84 Å². The Bertz CT molecular complexity index is 1170. The molecule has 1 N–H and O–H groups in total. The third kappa shape index (κ3) is 4.65. The molecule has 1 aromatic carbocycles. The van der Waals surface area contributed by atoms with Crippen molar-refractivity contribution >= 4 is 17.5 Å². The van der Waals surface area contributed by atoms with Gasteiger partial charge in [-0.2, -0.15) is 14.8 Å². The summed E-state index contributed by atoms with van der Waals surface area (Å²) in [7, 11) is 1.34. The van der Waals surface area contributed by atoms with Crippen molar-refractivity contribution in [2.24, 2.45) is 7.05 Å². The maximum atomic E-state index is 12.5. The van der Waals surface area contributed by atoms with Gasteiger partial charge in [-0.15, -0.1) is 0 Å². The van der Waals surface area contributed by atoms with E-state index in [9.17, 15) is 14.4 Å². The Balaban J connectivity index is 1.88. The molecular formula is C19H21ClN6O4. The van der Waals surface area contributed by atoms with Gasteiger partial charge in [-0.1, -0.05) is 23.7 Å². The highest BCUT2D eigenvalue weighted by Crippen LogP contribution is 2.13. The van der Waals surface area contributed by atoms with Gasteiger partial charge in [-0.05, 0) is 37.6 Å². The molecule has 158 valence electrons. The van der Waals surface area contributed by atoms with E-state index in [0.717, 1.165) is 15.7 Å². The van der Waals surface area contributed by atoms with Crippen LogP contribution in [0.3, 0.4) is 0 Å². The van der Waals surface area contributed by atoms with E-state index >= 15 is 0 Å². The van der Waals surface area contributed by atoms with Crippen LogP contribution in [0, 0.1) is 0 Å². The average Bonchev–Trinajstić information content (AvgIpc) is 3.20. The zero-order valence-electron chi connectivity index (χ0n) is 16.8. The number of rotatable bonds is 7. The Hall–Kier alpha value is -3.27. The number of carbonyl (C=O) groups excluding carboxylic acids is 1. The number of aromatic nitrogens is 5. The first-order valence-corrected chi connectivity index (χ1v) is 9.76. The number of benzene rings is 1. The molecule has 0 saturated carbocycles. The second-order valence-electron chi connectivity index (χ2n) is 6.77. The summed E-state index contributed by atoms with van der Waals surface area (Å²) >= 11 is 5.89. The second-order valence-corrected chi connectivity index (χ2v) is 7.21. The summed E-state index contributed by atoms with van der Waals surface area (Å²) in [6.45, 7) is 3.89. The lowest BCUT2D eigenvalue weighted by Crippen LogP contribution is -2.40. The van der Waals surface area contributed by atoms with E-state index in [0.29, 0.717) is 10.7 Å². The van der Waals surface area contributed by atoms with Crippen molar-refractivity contribution in [1.82, 2.24) is 29.8 Å². The third-order valence-electron chi connectivity index (χ3n) is 4.51. The van der Waals surface area contributed by atoms with Gasteiger partial charge >= 0.3 is 5.69 Å². The minimum atomic E-state index is -0.660. The van der Waals surface area contributed by atoms with Crippen LogP contribution in [0.15, 0.2) is 38.4 Å². The maximum Gasteiger partial charge on any atom is 0.351 e. The lowest BCUT2D eigenvalue weighted by molar-refractivity contribution is -0.121. The van der Waals surface area contributed by atoms with Gasteiger partial charge in [0.2, 0.25) is 17.6 Å². The predicted octanol–water partition coefficient (Wildman–Crippen LogP) is 1.48. The van der Waals surface area contributed by atoms with Gasteiger partial charge in [0.05, 0.1) is 5.69 Å². The first-order chi connectivity index (χ1) is 14.3. The topological polar surface area (TPSA) is 125 Å². The first-order valence-electron chi connectivity index (χ1n) is 9.38. The van der Waals surface area contributed by atoms with Crippen LogP contribution in [0.5, 0.6) is 0 Å². The normalized spacial score (nSPS) is 12.0. The Kier molecular flexibility index (Phi) is 6.46. The number of nitrogens with one attached hydrogen (secondary N) is 1. The van der Waals surface area contributed by atoms with Crippen molar-refractivity contribution in [3.63, 3.8) is 0 Å². The molecule has 0 unspecified atom stereocenters. The molecule has 3 rings (SSSR count). The van der Waals surface area contributed by atoms with Crippen LogP contribution >= 0.6 is 11.6 Å². The molecule has 0 aliphatic heterocycles. The molecule has 2 aromatic heterocycles. The van der Waals surface area contributed by atoms with E-state index in [1.54, 1.807) is 24.3 Å². The number of hydrogen-bond donors (Lipinski definition) is 1. The van der Waals surface area contributed by atoms with Crippen LogP contribution in [-0.4, -0.2) is 36.4 Å². The fourth-order valence-corrected chi connectivity index (χ4v) is 2.71. The Morgan fingerprint density at radius 3 is 2.63 bits per heavy atom. The van der Waals surface area contributed by atoms with Gasteiger partial charge in [-0.25, -0.2) is 4.79 Å². The molecule has 3 aromatic rings. The van der Waals surface area contributed by atoms with E-state index in [1.165, 1.54) is 7.05 Å². The van der Waals surface area contributed by atoms with Crippen molar-refractivity contribution < 1.29 is 9.32 Å². The molecule has 0 spiro atoms. The first kappa shape index (κ1) is 21.4. The van der Waals surface area contributed by atoms with Gasteiger partial charge in [-0.3, -0.25) is 14.2 Å². The summed E-state index contributed by atoms with van der Waals surface area (Å²) in [6, 6.07) is 6.49. The van der Waals surface area contributed by atoms with Crippen molar-refractivity contribution in [2.75, 3.05) is 0 Å². The summed E-state index contributed by atoms with van der Waals surface area (Å²) in [5.74, 6) is 0.00229. The molecule has 2 heterocycles. The number of halogens is 1. The molecule has 0 aliphatic rings. The van der Waals surface area contributed by atoms with E-state index in [4.69, 9.17) is 16.1 Å². The van der Waals surface area contributed by atoms with Crippen molar-refractivity contribution in [2.45, 2.75) is 39.2 Å². The quantitative estimate of drug-likeness (QED) is 0.599. The molecule has 1 atom stereocenters. The lowest BCUT2D eigenvalue weighted by Gasteiger charge is -2.10. The monoisotopic (exact) mass is 432 g/mol. The molecule has 0 aliphatic carbocycles.